The number of nitrogens with one attached hydrogen (secondary N) is 1. The Balaban J connectivity index is 1.89. The van der Waals surface area contributed by atoms with Crippen LogP contribution in [0.5, 0.6) is 5.75 Å². The van der Waals surface area contributed by atoms with Gasteiger partial charge < -0.3 is 10.1 Å². The highest BCUT2D eigenvalue weighted by Gasteiger charge is 2.15. The molecule has 0 atom stereocenters. The van der Waals surface area contributed by atoms with Gasteiger partial charge in [0.2, 0.25) is 0 Å². The van der Waals surface area contributed by atoms with Gasteiger partial charge >= 0.3 is 0 Å². The molecule has 4 aromatic rings. The van der Waals surface area contributed by atoms with Gasteiger partial charge in [0.15, 0.2) is 0 Å². The number of benzene rings is 2. The smallest absolute Gasteiger partial charge is 0.143 e. The lowest BCUT2D eigenvalue weighted by Gasteiger charge is -2.14. The highest BCUT2D eigenvalue weighted by molar-refractivity contribution is 5.81. The lowest BCUT2D eigenvalue weighted by molar-refractivity contribution is 0.415. The van der Waals surface area contributed by atoms with Crippen molar-refractivity contribution in [2.75, 3.05) is 12.4 Å². The van der Waals surface area contributed by atoms with E-state index in [-0.39, 0.29) is 0 Å². The van der Waals surface area contributed by atoms with E-state index in [1.807, 2.05) is 48.7 Å². The Kier molecular flexibility index (Phi) is 4.09. The molecule has 4 rings (SSSR count). The van der Waals surface area contributed by atoms with Gasteiger partial charge in [0.1, 0.15) is 22.9 Å². The first-order valence-corrected chi connectivity index (χ1v) is 8.62. The third-order valence-corrected chi connectivity index (χ3v) is 4.62. The van der Waals surface area contributed by atoms with E-state index in [9.17, 15) is 0 Å². The third kappa shape index (κ3) is 2.80. The second-order valence-electron chi connectivity index (χ2n) is 6.36. The number of nitrogens with zero attached hydrogens (tertiary/aromatic N) is 2. The zero-order chi connectivity index (χ0) is 18.1. The maximum atomic E-state index is 5.28. The molecule has 1 N–H and O–H groups in total. The number of methoxy groups -OCH3 is 1. The second-order valence-corrected chi connectivity index (χ2v) is 6.36. The van der Waals surface area contributed by atoms with Crippen LogP contribution in [0.4, 0.5) is 11.5 Å². The number of imidazole rings is 1. The summed E-state index contributed by atoms with van der Waals surface area (Å²) in [5, 5.41) is 3.63. The zero-order valence-corrected chi connectivity index (χ0v) is 15.2. The largest absolute Gasteiger partial charge is 0.497 e. The fourth-order valence-electron chi connectivity index (χ4n) is 3.20. The molecule has 2 aromatic carbocycles. The van der Waals surface area contributed by atoms with Crippen LogP contribution in [0.25, 0.3) is 16.9 Å². The van der Waals surface area contributed by atoms with Crippen LogP contribution < -0.4 is 10.1 Å². The van der Waals surface area contributed by atoms with Crippen LogP contribution in [-0.2, 0) is 0 Å². The van der Waals surface area contributed by atoms with Gasteiger partial charge in [-0.25, -0.2) is 4.98 Å². The number of anilines is 2. The molecule has 0 bridgehead atoms. The van der Waals surface area contributed by atoms with E-state index >= 15 is 0 Å². The molecule has 0 aliphatic carbocycles. The lowest BCUT2D eigenvalue weighted by Crippen LogP contribution is -2.00. The maximum absolute atomic E-state index is 5.28. The summed E-state index contributed by atoms with van der Waals surface area (Å²) in [6.07, 6.45) is 2.03. The molecule has 4 nitrogen and oxygen atoms in total. The molecule has 2 aromatic heterocycles. The van der Waals surface area contributed by atoms with E-state index in [0.717, 1.165) is 34.2 Å². The molecule has 0 spiro atoms. The van der Waals surface area contributed by atoms with E-state index < -0.39 is 0 Å². The minimum atomic E-state index is 0.835. The molecule has 4 heteroatoms. The average molecular weight is 343 g/mol. The number of aryl methyl sites for hydroxylation is 2. The highest BCUT2D eigenvalue weighted by Crippen LogP contribution is 2.33. The number of rotatable bonds is 4. The zero-order valence-electron chi connectivity index (χ0n) is 15.2. The summed E-state index contributed by atoms with van der Waals surface area (Å²) in [4.78, 5) is 4.85. The summed E-state index contributed by atoms with van der Waals surface area (Å²) < 4.78 is 7.37. The van der Waals surface area contributed by atoms with Crippen molar-refractivity contribution >= 4 is 17.2 Å². The molecule has 0 fully saturated rings. The van der Waals surface area contributed by atoms with Crippen LogP contribution in [0, 0.1) is 13.8 Å². The molecule has 0 aliphatic rings. The summed E-state index contributed by atoms with van der Waals surface area (Å²) in [6, 6.07) is 20.3. The Labute approximate surface area is 153 Å². The van der Waals surface area contributed by atoms with Gasteiger partial charge in [0, 0.05) is 17.4 Å². The molecule has 0 saturated heterocycles. The summed E-state index contributed by atoms with van der Waals surface area (Å²) in [7, 11) is 1.67. The number of fused-ring (bicyclic) bond motifs is 1. The number of para-hydroxylation sites is 1. The predicted molar refractivity (Wildman–Crippen MR) is 106 cm³/mol. The first kappa shape index (κ1) is 16.2. The summed E-state index contributed by atoms with van der Waals surface area (Å²) >= 11 is 0. The number of hydrogen-bond donors (Lipinski definition) is 1. The lowest BCUT2D eigenvalue weighted by atomic mass is 10.1. The van der Waals surface area contributed by atoms with Gasteiger partial charge in [-0.05, 0) is 61.4 Å². The van der Waals surface area contributed by atoms with Crippen molar-refractivity contribution in [1.29, 1.82) is 0 Å². The van der Waals surface area contributed by atoms with E-state index in [1.54, 1.807) is 7.11 Å². The molecule has 130 valence electrons. The molecular weight excluding hydrogens is 322 g/mol. The van der Waals surface area contributed by atoms with E-state index in [4.69, 9.17) is 9.72 Å². The van der Waals surface area contributed by atoms with Gasteiger partial charge in [-0.15, -0.1) is 0 Å². The first-order chi connectivity index (χ1) is 12.7. The van der Waals surface area contributed by atoms with Crippen LogP contribution in [0.3, 0.4) is 0 Å². The Morgan fingerprint density at radius 3 is 2.31 bits per heavy atom. The van der Waals surface area contributed by atoms with Crippen molar-refractivity contribution in [1.82, 2.24) is 9.38 Å². The molecular formula is C22H21N3O. The van der Waals surface area contributed by atoms with Crippen molar-refractivity contribution in [3.8, 4) is 17.0 Å². The molecule has 0 saturated carbocycles. The van der Waals surface area contributed by atoms with Crippen molar-refractivity contribution in [2.45, 2.75) is 13.8 Å². The van der Waals surface area contributed by atoms with Gasteiger partial charge in [0.25, 0.3) is 0 Å². The van der Waals surface area contributed by atoms with Crippen LogP contribution >= 0.6 is 0 Å². The number of hydrogen-bond acceptors (Lipinski definition) is 3. The highest BCUT2D eigenvalue weighted by atomic mass is 16.5. The van der Waals surface area contributed by atoms with Gasteiger partial charge in [0.05, 0.1) is 7.11 Å². The van der Waals surface area contributed by atoms with Crippen molar-refractivity contribution in [2.24, 2.45) is 0 Å². The van der Waals surface area contributed by atoms with E-state index in [0.29, 0.717) is 0 Å². The van der Waals surface area contributed by atoms with Crippen LogP contribution in [-0.4, -0.2) is 16.5 Å². The normalized spacial score (nSPS) is 10.9. The van der Waals surface area contributed by atoms with Gasteiger partial charge in [-0.1, -0.05) is 24.3 Å². The number of pyridine rings is 1. The molecule has 0 aliphatic heterocycles. The van der Waals surface area contributed by atoms with Crippen molar-refractivity contribution in [3.63, 3.8) is 0 Å². The molecule has 0 radical (unpaired) electrons. The molecule has 26 heavy (non-hydrogen) atoms. The summed E-state index contributed by atoms with van der Waals surface area (Å²) in [6.45, 7) is 4.23. The third-order valence-electron chi connectivity index (χ3n) is 4.62. The fraction of sp³-hybridized carbons (Fsp3) is 0.136. The Bertz CT molecular complexity index is 1040. The van der Waals surface area contributed by atoms with E-state index in [1.165, 1.54) is 11.1 Å². The number of aromatic nitrogens is 2. The Hall–Kier alpha value is -3.27. The van der Waals surface area contributed by atoms with Crippen molar-refractivity contribution in [3.05, 3.63) is 78.0 Å². The van der Waals surface area contributed by atoms with Crippen LogP contribution in [0.15, 0.2) is 66.9 Å². The maximum Gasteiger partial charge on any atom is 0.143 e. The average Bonchev–Trinajstić information content (AvgIpc) is 3.03. The topological polar surface area (TPSA) is 38.6 Å². The van der Waals surface area contributed by atoms with Crippen LogP contribution in [0.2, 0.25) is 0 Å². The minimum absolute atomic E-state index is 0.835. The fourth-order valence-corrected chi connectivity index (χ4v) is 3.20. The molecule has 2 heterocycles. The standard InChI is InChI=1S/C22H21N3O/c1-15-7-6-8-16(2)20(15)24-22-21(17-10-12-18(26-3)13-11-17)23-19-9-4-5-14-25(19)22/h4-14,24H,1-3H3. The van der Waals surface area contributed by atoms with Crippen LogP contribution in [0.1, 0.15) is 11.1 Å². The monoisotopic (exact) mass is 343 g/mol. The Morgan fingerprint density at radius 2 is 1.62 bits per heavy atom. The van der Waals surface area contributed by atoms with E-state index in [2.05, 4.69) is 41.8 Å². The SMILES string of the molecule is COc1ccc(-c2nc3ccccn3c2Nc2c(C)cccc2C)cc1. The first-order valence-electron chi connectivity index (χ1n) is 8.62. The van der Waals surface area contributed by atoms with Gasteiger partial charge in [-0.3, -0.25) is 4.40 Å². The Morgan fingerprint density at radius 1 is 0.885 bits per heavy atom. The summed E-state index contributed by atoms with van der Waals surface area (Å²) in [5.74, 6) is 1.80. The molecule has 0 unspecified atom stereocenters. The quantitative estimate of drug-likeness (QED) is 0.541. The summed E-state index contributed by atoms with van der Waals surface area (Å²) in [5.41, 5.74) is 6.40. The van der Waals surface area contributed by atoms with Gasteiger partial charge in [-0.2, -0.15) is 0 Å². The minimum Gasteiger partial charge on any atom is -0.497 e. The predicted octanol–water partition coefficient (Wildman–Crippen LogP) is 5.37. The molecule has 0 amide bonds. The second kappa shape index (κ2) is 6.56. The number of ether oxygens (including phenoxy) is 1. The van der Waals surface area contributed by atoms with Crippen molar-refractivity contribution < 1.29 is 4.74 Å².